The van der Waals surface area contributed by atoms with Crippen LogP contribution in [-0.4, -0.2) is 33.8 Å². The number of carbonyl (C=O) groups is 4. The summed E-state index contributed by atoms with van der Waals surface area (Å²) in [6.45, 7) is 7.81. The van der Waals surface area contributed by atoms with Gasteiger partial charge in [-0.3, -0.25) is 40.9 Å². The van der Waals surface area contributed by atoms with Crippen molar-refractivity contribution < 1.29 is 29.4 Å². The van der Waals surface area contributed by atoms with Gasteiger partial charge in [0.15, 0.2) is 0 Å². The molecular formula is C36H54N4O6. The Balaban J connectivity index is 1.63. The molecule has 2 aromatic carbocycles. The average molecular weight is 639 g/mol. The quantitative estimate of drug-likeness (QED) is 0.0773. The van der Waals surface area contributed by atoms with E-state index in [0.717, 1.165) is 75.3 Å². The van der Waals surface area contributed by atoms with Crippen LogP contribution in [0.25, 0.3) is 0 Å². The van der Waals surface area contributed by atoms with E-state index in [-0.39, 0.29) is 46.3 Å². The maximum absolute atomic E-state index is 12.6. The number of carbonyl (C=O) groups excluding carboxylic acids is 4. The molecule has 0 aliphatic carbocycles. The molecule has 254 valence electrons. The molecule has 0 fully saturated rings. The van der Waals surface area contributed by atoms with E-state index in [0.29, 0.717) is 25.7 Å². The number of hydrogen-bond acceptors (Lipinski definition) is 6. The summed E-state index contributed by atoms with van der Waals surface area (Å²) in [6.07, 6.45) is 12.2. The first-order valence-electron chi connectivity index (χ1n) is 16.9. The first-order valence-corrected chi connectivity index (χ1v) is 16.9. The fraction of sp³-hybridized carbons (Fsp3) is 0.556. The zero-order chi connectivity index (χ0) is 33.9. The van der Waals surface area contributed by atoms with E-state index in [1.807, 2.05) is 0 Å². The molecule has 0 saturated carbocycles. The monoisotopic (exact) mass is 638 g/mol. The second-order valence-electron chi connectivity index (χ2n) is 12.2. The van der Waals surface area contributed by atoms with Crippen LogP contribution in [0.1, 0.15) is 137 Å². The Hall–Kier alpha value is -4.08. The molecule has 10 heteroatoms. The predicted octanol–water partition coefficient (Wildman–Crippen LogP) is 6.40. The number of hydrogen-bond donors (Lipinski definition) is 6. The molecule has 0 aromatic heterocycles. The summed E-state index contributed by atoms with van der Waals surface area (Å²) >= 11 is 0. The van der Waals surface area contributed by atoms with Crippen LogP contribution in [0.15, 0.2) is 36.4 Å². The number of hydrazine groups is 2. The standard InChI is InChI=1S/C36H54N4O6/c1-5-7-11-19-27-21-15-23-29(31(27)41)35(45)39-37-33(43)25(3)17-13-9-10-14-18-26(4)34(44)38-40-36(46)30-24-16-22-28(32(30)42)20-12-8-6-2/h15-16,21-26,41-42H,5-14,17-20H2,1-4H3,(H,37,43)(H,38,44)(H,39,45)(H,40,46). The number of aromatic hydroxyl groups is 2. The first-order chi connectivity index (χ1) is 22.1. The minimum atomic E-state index is -0.557. The number of phenolic OH excluding ortho intramolecular Hbond substituents is 2. The van der Waals surface area contributed by atoms with E-state index in [4.69, 9.17) is 0 Å². The van der Waals surface area contributed by atoms with Crippen molar-refractivity contribution in [1.29, 1.82) is 0 Å². The molecule has 6 N–H and O–H groups in total. The summed E-state index contributed by atoms with van der Waals surface area (Å²) in [5.74, 6) is -2.41. The zero-order valence-corrected chi connectivity index (χ0v) is 28.0. The third-order valence-electron chi connectivity index (χ3n) is 8.35. The van der Waals surface area contributed by atoms with Crippen LogP contribution in [0.4, 0.5) is 0 Å². The van der Waals surface area contributed by atoms with E-state index in [9.17, 15) is 29.4 Å². The molecule has 0 aliphatic rings. The second-order valence-corrected chi connectivity index (χ2v) is 12.2. The maximum Gasteiger partial charge on any atom is 0.273 e. The van der Waals surface area contributed by atoms with E-state index < -0.39 is 11.8 Å². The Bertz CT molecular complexity index is 1180. The van der Waals surface area contributed by atoms with Crippen LogP contribution in [0.2, 0.25) is 0 Å². The molecule has 4 amide bonds. The van der Waals surface area contributed by atoms with Gasteiger partial charge in [0.1, 0.15) is 11.5 Å². The van der Waals surface area contributed by atoms with Gasteiger partial charge >= 0.3 is 0 Å². The van der Waals surface area contributed by atoms with Gasteiger partial charge in [-0.25, -0.2) is 0 Å². The highest BCUT2D eigenvalue weighted by molar-refractivity contribution is 5.99. The Morgan fingerprint density at radius 3 is 1.33 bits per heavy atom. The van der Waals surface area contributed by atoms with Crippen LogP contribution in [0.3, 0.4) is 0 Å². The van der Waals surface area contributed by atoms with E-state index in [1.165, 1.54) is 12.1 Å². The number of amides is 4. The normalized spacial score (nSPS) is 12.2. The Morgan fingerprint density at radius 2 is 0.957 bits per heavy atom. The number of para-hydroxylation sites is 2. The van der Waals surface area contributed by atoms with Crippen molar-refractivity contribution in [3.05, 3.63) is 58.7 Å². The summed E-state index contributed by atoms with van der Waals surface area (Å²) < 4.78 is 0. The van der Waals surface area contributed by atoms with Crippen molar-refractivity contribution in [3.63, 3.8) is 0 Å². The summed E-state index contributed by atoms with van der Waals surface area (Å²) in [4.78, 5) is 50.1. The Kier molecular flexibility index (Phi) is 17.3. The van der Waals surface area contributed by atoms with Crippen molar-refractivity contribution in [2.75, 3.05) is 0 Å². The highest BCUT2D eigenvalue weighted by Gasteiger charge is 2.19. The first kappa shape index (κ1) is 38.1. The number of unbranched alkanes of at least 4 members (excludes halogenated alkanes) is 7. The summed E-state index contributed by atoms with van der Waals surface area (Å²) in [5.41, 5.74) is 11.5. The Labute approximate surface area is 274 Å². The largest absolute Gasteiger partial charge is 0.507 e. The van der Waals surface area contributed by atoms with Gasteiger partial charge in [-0.05, 0) is 61.8 Å². The fourth-order valence-corrected chi connectivity index (χ4v) is 5.22. The van der Waals surface area contributed by atoms with Gasteiger partial charge in [0.2, 0.25) is 11.8 Å². The van der Waals surface area contributed by atoms with Gasteiger partial charge in [0.25, 0.3) is 11.8 Å². The number of phenols is 2. The molecular weight excluding hydrogens is 584 g/mol. The number of nitrogens with one attached hydrogen (secondary N) is 4. The van der Waals surface area contributed by atoms with Crippen LogP contribution in [-0.2, 0) is 22.4 Å². The molecule has 0 saturated heterocycles. The summed E-state index contributed by atoms with van der Waals surface area (Å²) in [5, 5.41) is 21.0. The number of aryl methyl sites for hydroxylation is 2. The van der Waals surface area contributed by atoms with Crippen molar-refractivity contribution in [3.8, 4) is 11.5 Å². The van der Waals surface area contributed by atoms with Gasteiger partial charge in [-0.15, -0.1) is 0 Å². The minimum absolute atomic E-state index is 0.0472. The molecule has 0 radical (unpaired) electrons. The van der Waals surface area contributed by atoms with Crippen LogP contribution in [0.5, 0.6) is 11.5 Å². The lowest BCUT2D eigenvalue weighted by Crippen LogP contribution is -2.44. The van der Waals surface area contributed by atoms with Crippen molar-refractivity contribution >= 4 is 23.6 Å². The number of rotatable bonds is 19. The lowest BCUT2D eigenvalue weighted by atomic mass is 9.99. The van der Waals surface area contributed by atoms with Crippen molar-refractivity contribution in [2.45, 2.75) is 118 Å². The number of benzene rings is 2. The summed E-state index contributed by atoms with van der Waals surface area (Å²) in [7, 11) is 0. The van der Waals surface area contributed by atoms with Crippen LogP contribution >= 0.6 is 0 Å². The van der Waals surface area contributed by atoms with Crippen LogP contribution in [0, 0.1) is 11.8 Å². The maximum atomic E-state index is 12.6. The highest BCUT2D eigenvalue weighted by Crippen LogP contribution is 2.25. The van der Waals surface area contributed by atoms with Gasteiger partial charge in [0.05, 0.1) is 11.1 Å². The summed E-state index contributed by atoms with van der Waals surface area (Å²) in [6, 6.07) is 10.1. The topological polar surface area (TPSA) is 157 Å². The molecule has 2 atom stereocenters. The van der Waals surface area contributed by atoms with E-state index in [2.05, 4.69) is 35.6 Å². The average Bonchev–Trinajstić information content (AvgIpc) is 3.05. The lowest BCUT2D eigenvalue weighted by Gasteiger charge is -2.15. The van der Waals surface area contributed by atoms with E-state index in [1.54, 1.807) is 38.1 Å². The van der Waals surface area contributed by atoms with Gasteiger partial charge in [-0.1, -0.05) is 103 Å². The molecule has 46 heavy (non-hydrogen) atoms. The minimum Gasteiger partial charge on any atom is -0.507 e. The third kappa shape index (κ3) is 12.7. The molecule has 0 spiro atoms. The second kappa shape index (κ2) is 20.9. The predicted molar refractivity (Wildman–Crippen MR) is 180 cm³/mol. The van der Waals surface area contributed by atoms with E-state index >= 15 is 0 Å². The third-order valence-corrected chi connectivity index (χ3v) is 8.35. The van der Waals surface area contributed by atoms with Crippen molar-refractivity contribution in [2.24, 2.45) is 11.8 Å². The smallest absolute Gasteiger partial charge is 0.273 e. The Morgan fingerprint density at radius 1 is 0.565 bits per heavy atom. The molecule has 0 heterocycles. The highest BCUT2D eigenvalue weighted by atomic mass is 16.3. The van der Waals surface area contributed by atoms with Gasteiger partial charge < -0.3 is 10.2 Å². The van der Waals surface area contributed by atoms with Crippen LogP contribution < -0.4 is 21.7 Å². The van der Waals surface area contributed by atoms with Gasteiger partial charge in [-0.2, -0.15) is 0 Å². The zero-order valence-electron chi connectivity index (χ0n) is 28.0. The molecule has 0 bridgehead atoms. The van der Waals surface area contributed by atoms with Gasteiger partial charge in [0, 0.05) is 11.8 Å². The molecule has 10 nitrogen and oxygen atoms in total. The van der Waals surface area contributed by atoms with Crippen molar-refractivity contribution in [1.82, 2.24) is 21.7 Å². The fourth-order valence-electron chi connectivity index (χ4n) is 5.22. The molecule has 2 rings (SSSR count). The lowest BCUT2D eigenvalue weighted by molar-refractivity contribution is -0.126. The molecule has 0 aliphatic heterocycles. The SMILES string of the molecule is CCCCCc1cccc(C(=O)NNC(=O)C(C)CCCCCCC(C)C(=O)NNC(=O)c2cccc(CCCCC)c2O)c1O. The molecule has 2 unspecified atom stereocenters. The molecule has 2 aromatic rings.